The van der Waals surface area contributed by atoms with Gasteiger partial charge in [-0.2, -0.15) is 10.4 Å². The minimum absolute atomic E-state index is 0.0668. The molecule has 0 amide bonds. The summed E-state index contributed by atoms with van der Waals surface area (Å²) in [6.45, 7) is 5.64. The van der Waals surface area contributed by atoms with Crippen LogP contribution in [0.2, 0.25) is 0 Å². The first-order valence-corrected chi connectivity index (χ1v) is 23.1. The van der Waals surface area contributed by atoms with Crippen molar-refractivity contribution >= 4 is 19.1 Å². The lowest BCUT2D eigenvalue weighted by atomic mass is 9.91. The van der Waals surface area contributed by atoms with Gasteiger partial charge in [0.2, 0.25) is 0 Å². The standard InChI is InChI=1S/C43H68FN6O8P/c1-5-6-7-8-9-10-11-12-13-14-15-16-17-18-19-20-23-55-30-36(56-29-34-24-33(27-45)25-35(44)26-34)28-49(4)59(53,54)58-32(2)43(3)41(52)39(51)40(57-43)37-21-22-38-42(46)47-31-48-50(37)38/h21-22,24-26,31-32,36,39-41,51-52H,5-20,23,28-30H2,1-4H3,(H,53,54)(H2,46,47,48)/t32-,36-,39-,40-,41-,43+/m0/s1. The maximum absolute atomic E-state index is 14.2. The van der Waals surface area contributed by atoms with E-state index in [1.54, 1.807) is 12.1 Å². The predicted molar refractivity (Wildman–Crippen MR) is 225 cm³/mol. The molecule has 1 fully saturated rings. The number of aromatic nitrogens is 3. The van der Waals surface area contributed by atoms with Gasteiger partial charge < -0.3 is 35.1 Å². The Morgan fingerprint density at radius 2 is 1.63 bits per heavy atom. The molecule has 2 aromatic heterocycles. The molecule has 1 unspecified atom stereocenters. The molecule has 0 radical (unpaired) electrons. The molecule has 3 heterocycles. The highest BCUT2D eigenvalue weighted by molar-refractivity contribution is 7.50. The van der Waals surface area contributed by atoms with Crippen LogP contribution in [0.5, 0.6) is 0 Å². The van der Waals surface area contributed by atoms with Gasteiger partial charge in [0.05, 0.1) is 42.7 Å². The lowest BCUT2D eigenvalue weighted by Crippen LogP contribution is -2.50. The minimum Gasteiger partial charge on any atom is -0.387 e. The number of likely N-dealkylation sites (N-methyl/N-ethyl adjacent to an activating group) is 1. The summed E-state index contributed by atoms with van der Waals surface area (Å²) in [6, 6.07) is 9.18. The Kier molecular flexibility index (Phi) is 20.1. The molecule has 59 heavy (non-hydrogen) atoms. The van der Waals surface area contributed by atoms with Crippen LogP contribution < -0.4 is 5.73 Å². The number of halogens is 1. The second-order valence-corrected chi connectivity index (χ2v) is 18.1. The molecule has 4 rings (SSSR count). The van der Waals surface area contributed by atoms with E-state index >= 15 is 0 Å². The normalized spacial score (nSPS) is 21.5. The van der Waals surface area contributed by atoms with Gasteiger partial charge in [-0.05, 0) is 63.2 Å². The molecule has 330 valence electrons. The van der Waals surface area contributed by atoms with Crippen molar-refractivity contribution in [2.45, 2.75) is 166 Å². The van der Waals surface area contributed by atoms with Crippen LogP contribution in [0.15, 0.2) is 36.7 Å². The molecule has 14 nitrogen and oxygen atoms in total. The monoisotopic (exact) mass is 846 g/mol. The average molecular weight is 847 g/mol. The Morgan fingerprint density at radius 3 is 2.24 bits per heavy atom. The maximum Gasteiger partial charge on any atom is 0.405 e. The molecule has 16 heteroatoms. The zero-order chi connectivity index (χ0) is 42.8. The van der Waals surface area contributed by atoms with Gasteiger partial charge in [-0.3, -0.25) is 4.52 Å². The summed E-state index contributed by atoms with van der Waals surface area (Å²) in [5, 5.41) is 35.8. The minimum atomic E-state index is -4.58. The Bertz CT molecular complexity index is 1800. The number of anilines is 1. The smallest absolute Gasteiger partial charge is 0.387 e. The summed E-state index contributed by atoms with van der Waals surface area (Å²) in [6.07, 6.45) is 15.6. The van der Waals surface area contributed by atoms with Crippen LogP contribution >= 0.6 is 7.75 Å². The Morgan fingerprint density at radius 1 is 1.02 bits per heavy atom. The third kappa shape index (κ3) is 14.5. The number of ether oxygens (including phenoxy) is 3. The van der Waals surface area contributed by atoms with Gasteiger partial charge in [-0.15, -0.1) is 0 Å². The number of hydrogen-bond donors (Lipinski definition) is 4. The van der Waals surface area contributed by atoms with Crippen molar-refractivity contribution in [3.63, 3.8) is 0 Å². The van der Waals surface area contributed by atoms with Crippen LogP contribution in [0.25, 0.3) is 5.52 Å². The number of aliphatic hydroxyl groups excluding tert-OH is 2. The van der Waals surface area contributed by atoms with Crippen LogP contribution in [0, 0.1) is 17.1 Å². The van der Waals surface area contributed by atoms with Crippen LogP contribution in [-0.2, 0) is 29.9 Å². The fraction of sp³-hybridized carbons (Fsp3) is 0.698. The number of rotatable bonds is 29. The van der Waals surface area contributed by atoms with E-state index in [2.05, 4.69) is 17.0 Å². The van der Waals surface area contributed by atoms with Gasteiger partial charge in [0, 0.05) is 13.2 Å². The van der Waals surface area contributed by atoms with Crippen molar-refractivity contribution in [3.8, 4) is 6.07 Å². The quantitative estimate of drug-likeness (QED) is 0.0386. The van der Waals surface area contributed by atoms with Crippen molar-refractivity contribution in [2.75, 3.05) is 32.5 Å². The van der Waals surface area contributed by atoms with E-state index in [0.29, 0.717) is 23.4 Å². The van der Waals surface area contributed by atoms with Crippen LogP contribution in [0.4, 0.5) is 10.2 Å². The lowest BCUT2D eigenvalue weighted by molar-refractivity contribution is -0.130. The van der Waals surface area contributed by atoms with Gasteiger partial charge in [-0.25, -0.2) is 23.1 Å². The fourth-order valence-electron chi connectivity index (χ4n) is 7.60. The highest BCUT2D eigenvalue weighted by Gasteiger charge is 2.57. The van der Waals surface area contributed by atoms with E-state index in [0.717, 1.165) is 30.0 Å². The zero-order valence-corrected chi connectivity index (χ0v) is 36.4. The molecule has 1 saturated heterocycles. The number of nitrogens with zero attached hydrogens (tertiary/aromatic N) is 5. The van der Waals surface area contributed by atoms with Crippen LogP contribution in [0.1, 0.15) is 146 Å². The number of nitrogens with two attached hydrogens (primary N) is 1. The third-order valence-electron chi connectivity index (χ3n) is 11.4. The van der Waals surface area contributed by atoms with Crippen molar-refractivity contribution in [3.05, 3.63) is 59.3 Å². The second kappa shape index (κ2) is 24.4. The molecular formula is C43H68FN6O8P. The summed E-state index contributed by atoms with van der Waals surface area (Å²) in [4.78, 5) is 15.2. The molecule has 0 aliphatic carbocycles. The van der Waals surface area contributed by atoms with Crippen molar-refractivity contribution < 1.29 is 42.8 Å². The second-order valence-electron chi connectivity index (χ2n) is 16.2. The number of benzene rings is 1. The molecule has 1 aromatic carbocycles. The molecular weight excluding hydrogens is 778 g/mol. The van der Waals surface area contributed by atoms with Gasteiger partial charge in [0.1, 0.15) is 41.6 Å². The zero-order valence-electron chi connectivity index (χ0n) is 35.5. The molecule has 3 aromatic rings. The molecule has 0 bridgehead atoms. The Hall–Kier alpha value is -3.03. The van der Waals surface area contributed by atoms with E-state index in [4.69, 9.17) is 24.5 Å². The summed E-state index contributed by atoms with van der Waals surface area (Å²) < 4.78 is 54.5. The first-order valence-electron chi connectivity index (χ1n) is 21.5. The van der Waals surface area contributed by atoms with E-state index in [1.165, 1.54) is 127 Å². The van der Waals surface area contributed by atoms with Crippen molar-refractivity contribution in [1.82, 2.24) is 19.3 Å². The lowest BCUT2D eigenvalue weighted by Gasteiger charge is -2.36. The average Bonchev–Trinajstić information content (AvgIpc) is 3.74. The van der Waals surface area contributed by atoms with Gasteiger partial charge in [-0.1, -0.05) is 103 Å². The van der Waals surface area contributed by atoms with Crippen LogP contribution in [-0.4, -0.2) is 91.2 Å². The summed E-state index contributed by atoms with van der Waals surface area (Å²) in [5.41, 5.74) is 5.83. The van der Waals surface area contributed by atoms with Crippen molar-refractivity contribution in [2.24, 2.45) is 0 Å². The number of aliphatic hydroxyl groups is 2. The van der Waals surface area contributed by atoms with Gasteiger partial charge in [0.25, 0.3) is 0 Å². The third-order valence-corrected chi connectivity index (χ3v) is 13.0. The molecule has 1 aliphatic rings. The predicted octanol–water partition coefficient (Wildman–Crippen LogP) is 8.17. The SMILES string of the molecule is CCCCCCCCCCCCCCCCCCOC[C@H](CN(C)P(=O)(O)O[C@@H](C)[C@@]1(C)O[C@@H](c2ccc3c(N)ncnn23)[C@H](O)[C@@H]1O)OCc1cc(F)cc(C#N)c1. The maximum atomic E-state index is 14.2. The fourth-order valence-corrected chi connectivity index (χ4v) is 8.77. The first-order chi connectivity index (χ1) is 28.3. The number of unbranched alkanes of at least 4 members (excludes halogenated alkanes) is 15. The number of hydrogen-bond acceptors (Lipinski definition) is 11. The summed E-state index contributed by atoms with van der Waals surface area (Å²) >= 11 is 0. The molecule has 0 spiro atoms. The van der Waals surface area contributed by atoms with Gasteiger partial charge >= 0.3 is 7.75 Å². The van der Waals surface area contributed by atoms with E-state index in [1.807, 2.05) is 6.07 Å². The van der Waals surface area contributed by atoms with E-state index in [9.17, 15) is 29.3 Å². The largest absolute Gasteiger partial charge is 0.405 e. The molecule has 5 N–H and O–H groups in total. The summed E-state index contributed by atoms with van der Waals surface area (Å²) in [5.74, 6) is -0.350. The molecule has 7 atom stereocenters. The number of nitriles is 1. The highest BCUT2D eigenvalue weighted by Crippen LogP contribution is 2.51. The van der Waals surface area contributed by atoms with Gasteiger partial charge in [0.15, 0.2) is 5.82 Å². The van der Waals surface area contributed by atoms with Crippen LogP contribution in [0.3, 0.4) is 0 Å². The first kappa shape index (κ1) is 48.6. The molecule has 1 aliphatic heterocycles. The van der Waals surface area contributed by atoms with E-state index < -0.39 is 49.7 Å². The number of nitrogen functional groups attached to an aromatic ring is 1. The Balaban J connectivity index is 1.24. The van der Waals surface area contributed by atoms with Crippen molar-refractivity contribution in [1.29, 1.82) is 5.26 Å². The Labute approximate surface area is 349 Å². The molecule has 0 saturated carbocycles. The van der Waals surface area contributed by atoms with E-state index in [-0.39, 0.29) is 31.1 Å². The number of fused-ring (bicyclic) bond motifs is 1. The summed E-state index contributed by atoms with van der Waals surface area (Å²) in [7, 11) is -3.17. The highest BCUT2D eigenvalue weighted by atomic mass is 31.2. The topological polar surface area (TPSA) is 198 Å².